The van der Waals surface area contributed by atoms with Crippen LogP contribution >= 0.6 is 0 Å². The Balaban J connectivity index is 1.48. The van der Waals surface area contributed by atoms with Crippen molar-refractivity contribution >= 4 is 17.8 Å². The molecule has 0 atom stereocenters. The Morgan fingerprint density at radius 1 is 1.04 bits per heavy atom. The fourth-order valence-corrected chi connectivity index (χ4v) is 3.02. The molecule has 3 rings (SSSR count). The average Bonchev–Trinajstić information content (AvgIpc) is 2.77. The first kappa shape index (κ1) is 19.6. The van der Waals surface area contributed by atoms with Crippen LogP contribution in [-0.2, 0) is 0 Å². The lowest BCUT2D eigenvalue weighted by molar-refractivity contribution is 0.0955. The molecular formula is C20H27N7O. The van der Waals surface area contributed by atoms with E-state index in [1.54, 1.807) is 24.5 Å². The highest BCUT2D eigenvalue weighted by Crippen LogP contribution is 2.09. The summed E-state index contributed by atoms with van der Waals surface area (Å²) in [6.07, 6.45) is 3.54. The number of hydrogen-bond donors (Lipinski definition) is 2. The average molecular weight is 381 g/mol. The number of rotatable bonds is 6. The number of benzene rings is 1. The van der Waals surface area contributed by atoms with Gasteiger partial charge in [0.1, 0.15) is 0 Å². The molecule has 2 heterocycles. The molecule has 0 radical (unpaired) electrons. The fraction of sp³-hybridized carbons (Fsp3) is 0.400. The topological polar surface area (TPSA) is 85.8 Å². The van der Waals surface area contributed by atoms with Gasteiger partial charge in [0, 0.05) is 57.2 Å². The highest BCUT2D eigenvalue weighted by Gasteiger charge is 2.20. The number of carbonyl (C=O) groups is 1. The summed E-state index contributed by atoms with van der Waals surface area (Å²) in [5.41, 5.74) is 0.664. The molecule has 1 aromatic carbocycles. The van der Waals surface area contributed by atoms with Crippen LogP contribution in [0.4, 0.5) is 5.95 Å². The van der Waals surface area contributed by atoms with Gasteiger partial charge in [0.25, 0.3) is 5.91 Å². The highest BCUT2D eigenvalue weighted by atomic mass is 16.1. The number of guanidine groups is 1. The molecule has 8 heteroatoms. The van der Waals surface area contributed by atoms with Gasteiger partial charge in [-0.05, 0) is 25.1 Å². The molecule has 148 valence electrons. The maximum atomic E-state index is 12.1. The van der Waals surface area contributed by atoms with E-state index in [0.29, 0.717) is 18.7 Å². The largest absolute Gasteiger partial charge is 0.357 e. The van der Waals surface area contributed by atoms with Crippen LogP contribution in [0.1, 0.15) is 17.3 Å². The molecule has 1 amide bonds. The minimum Gasteiger partial charge on any atom is -0.357 e. The molecule has 0 spiro atoms. The van der Waals surface area contributed by atoms with Crippen molar-refractivity contribution in [2.24, 2.45) is 4.99 Å². The van der Waals surface area contributed by atoms with E-state index < -0.39 is 0 Å². The van der Waals surface area contributed by atoms with E-state index >= 15 is 0 Å². The maximum absolute atomic E-state index is 12.1. The van der Waals surface area contributed by atoms with Gasteiger partial charge in [0.2, 0.25) is 5.95 Å². The number of hydrogen-bond acceptors (Lipinski definition) is 5. The van der Waals surface area contributed by atoms with Crippen LogP contribution in [0.25, 0.3) is 0 Å². The Labute approximate surface area is 165 Å². The second-order valence-corrected chi connectivity index (χ2v) is 6.38. The molecule has 0 bridgehead atoms. The van der Waals surface area contributed by atoms with Crippen LogP contribution in [0.5, 0.6) is 0 Å². The molecule has 8 nitrogen and oxygen atoms in total. The number of nitrogens with zero attached hydrogens (tertiary/aromatic N) is 5. The first-order valence-corrected chi connectivity index (χ1v) is 9.66. The summed E-state index contributed by atoms with van der Waals surface area (Å²) in [4.78, 5) is 29.8. The van der Waals surface area contributed by atoms with Crippen molar-refractivity contribution in [1.82, 2.24) is 25.5 Å². The van der Waals surface area contributed by atoms with Gasteiger partial charge in [0.05, 0.1) is 6.54 Å². The second kappa shape index (κ2) is 10.2. The summed E-state index contributed by atoms with van der Waals surface area (Å²) in [7, 11) is 0. The van der Waals surface area contributed by atoms with Gasteiger partial charge in [0.15, 0.2) is 5.96 Å². The quantitative estimate of drug-likeness (QED) is 0.441. The van der Waals surface area contributed by atoms with Gasteiger partial charge in [-0.3, -0.25) is 9.79 Å². The Hall–Kier alpha value is -3.16. The van der Waals surface area contributed by atoms with Crippen LogP contribution in [0.2, 0.25) is 0 Å². The molecule has 0 unspecified atom stereocenters. The minimum absolute atomic E-state index is 0.0720. The fourth-order valence-electron chi connectivity index (χ4n) is 3.02. The second-order valence-electron chi connectivity index (χ2n) is 6.38. The monoisotopic (exact) mass is 381 g/mol. The predicted molar refractivity (Wildman–Crippen MR) is 111 cm³/mol. The molecular weight excluding hydrogens is 354 g/mol. The predicted octanol–water partition coefficient (Wildman–Crippen LogP) is 0.994. The first-order valence-electron chi connectivity index (χ1n) is 9.66. The Morgan fingerprint density at radius 3 is 2.43 bits per heavy atom. The van der Waals surface area contributed by atoms with Gasteiger partial charge in [-0.2, -0.15) is 0 Å². The SMILES string of the molecule is CCNC(=NCCNC(=O)c1ccccc1)N1CCN(c2ncccn2)CC1. The lowest BCUT2D eigenvalue weighted by Gasteiger charge is -2.36. The number of aromatic nitrogens is 2. The van der Waals surface area contributed by atoms with E-state index in [9.17, 15) is 4.79 Å². The zero-order valence-electron chi connectivity index (χ0n) is 16.2. The molecule has 2 aromatic rings. The van der Waals surface area contributed by atoms with Gasteiger partial charge in [-0.25, -0.2) is 9.97 Å². The molecule has 1 saturated heterocycles. The molecule has 2 N–H and O–H groups in total. The third-order valence-corrected chi connectivity index (χ3v) is 4.44. The number of nitrogens with one attached hydrogen (secondary N) is 2. The van der Waals surface area contributed by atoms with E-state index in [1.165, 1.54) is 0 Å². The molecule has 1 aliphatic heterocycles. The lowest BCUT2D eigenvalue weighted by atomic mass is 10.2. The van der Waals surface area contributed by atoms with E-state index in [1.807, 2.05) is 24.3 Å². The standard InChI is InChI=1S/C20H27N7O/c1-2-21-19(25-12-11-22-18(28)17-7-4-3-5-8-17)26-13-15-27(16-14-26)20-23-9-6-10-24-20/h3-10H,2,11-16H2,1H3,(H,21,25)(H,22,28). The zero-order chi connectivity index (χ0) is 19.6. The van der Waals surface area contributed by atoms with Gasteiger partial charge >= 0.3 is 0 Å². The lowest BCUT2D eigenvalue weighted by Crippen LogP contribution is -2.53. The summed E-state index contributed by atoms with van der Waals surface area (Å²) in [6.45, 7) is 7.28. The van der Waals surface area contributed by atoms with Gasteiger partial charge in [-0.1, -0.05) is 18.2 Å². The number of piperazine rings is 1. The van der Waals surface area contributed by atoms with Crippen LogP contribution in [0.3, 0.4) is 0 Å². The number of aliphatic imine (C=N–C) groups is 1. The highest BCUT2D eigenvalue weighted by molar-refractivity contribution is 5.94. The van der Waals surface area contributed by atoms with Gasteiger partial charge < -0.3 is 20.4 Å². The van der Waals surface area contributed by atoms with E-state index in [4.69, 9.17) is 0 Å². The van der Waals surface area contributed by atoms with Crippen molar-refractivity contribution < 1.29 is 4.79 Å². The van der Waals surface area contributed by atoms with Crippen molar-refractivity contribution in [3.05, 3.63) is 54.4 Å². The Bertz CT molecular complexity index is 759. The third kappa shape index (κ3) is 5.42. The number of anilines is 1. The summed E-state index contributed by atoms with van der Waals surface area (Å²) >= 11 is 0. The Kier molecular flexibility index (Phi) is 7.17. The molecule has 0 saturated carbocycles. The maximum Gasteiger partial charge on any atom is 0.251 e. The number of carbonyl (C=O) groups excluding carboxylic acids is 1. The summed E-state index contributed by atoms with van der Waals surface area (Å²) in [5.74, 6) is 1.58. The van der Waals surface area contributed by atoms with E-state index in [0.717, 1.165) is 44.6 Å². The summed E-state index contributed by atoms with van der Waals surface area (Å²) in [5, 5.41) is 6.25. The molecule has 1 fully saturated rings. The van der Waals surface area contributed by atoms with Crippen molar-refractivity contribution in [2.75, 3.05) is 50.7 Å². The van der Waals surface area contributed by atoms with Crippen LogP contribution in [-0.4, -0.2) is 72.5 Å². The van der Waals surface area contributed by atoms with Crippen molar-refractivity contribution in [2.45, 2.75) is 6.92 Å². The van der Waals surface area contributed by atoms with Gasteiger partial charge in [-0.15, -0.1) is 0 Å². The molecule has 0 aliphatic carbocycles. The van der Waals surface area contributed by atoms with Crippen LogP contribution in [0.15, 0.2) is 53.8 Å². The van der Waals surface area contributed by atoms with Crippen LogP contribution in [0, 0.1) is 0 Å². The zero-order valence-corrected chi connectivity index (χ0v) is 16.2. The summed E-state index contributed by atoms with van der Waals surface area (Å²) < 4.78 is 0. The smallest absolute Gasteiger partial charge is 0.251 e. The molecule has 28 heavy (non-hydrogen) atoms. The number of amides is 1. The van der Waals surface area contributed by atoms with E-state index in [-0.39, 0.29) is 5.91 Å². The summed E-state index contributed by atoms with van der Waals surface area (Å²) in [6, 6.07) is 11.0. The first-order chi connectivity index (χ1) is 13.8. The van der Waals surface area contributed by atoms with Crippen molar-refractivity contribution in [1.29, 1.82) is 0 Å². The molecule has 1 aliphatic rings. The van der Waals surface area contributed by atoms with Crippen molar-refractivity contribution in [3.8, 4) is 0 Å². The van der Waals surface area contributed by atoms with Crippen molar-refractivity contribution in [3.63, 3.8) is 0 Å². The minimum atomic E-state index is -0.0720. The Morgan fingerprint density at radius 2 is 1.75 bits per heavy atom. The van der Waals surface area contributed by atoms with E-state index in [2.05, 4.69) is 42.3 Å². The molecule has 1 aromatic heterocycles. The van der Waals surface area contributed by atoms with Crippen LogP contribution < -0.4 is 15.5 Å². The third-order valence-electron chi connectivity index (χ3n) is 4.44. The normalized spacial score (nSPS) is 14.7.